The van der Waals surface area contributed by atoms with Crippen molar-refractivity contribution in [2.75, 3.05) is 40.3 Å². The molecule has 0 aromatic heterocycles. The number of rotatable bonds is 7. The molecule has 0 radical (unpaired) electrons. The van der Waals surface area contributed by atoms with Gasteiger partial charge in [0.15, 0.2) is 0 Å². The highest BCUT2D eigenvalue weighted by Gasteiger charge is 2.30. The third-order valence-corrected chi connectivity index (χ3v) is 5.02. The summed E-state index contributed by atoms with van der Waals surface area (Å²) in [4.78, 5) is 27.8. The fourth-order valence-corrected chi connectivity index (χ4v) is 3.67. The van der Waals surface area contributed by atoms with E-state index in [0.29, 0.717) is 12.5 Å². The Labute approximate surface area is 140 Å². The van der Waals surface area contributed by atoms with E-state index in [2.05, 4.69) is 15.5 Å². The number of carbonyl (C=O) groups is 2. The van der Waals surface area contributed by atoms with Crippen LogP contribution in [0.3, 0.4) is 0 Å². The molecule has 23 heavy (non-hydrogen) atoms. The van der Waals surface area contributed by atoms with Crippen LogP contribution < -0.4 is 10.6 Å². The van der Waals surface area contributed by atoms with Crippen molar-refractivity contribution in [2.45, 2.75) is 51.0 Å². The first-order chi connectivity index (χ1) is 11.1. The molecule has 2 aliphatic rings. The van der Waals surface area contributed by atoms with Gasteiger partial charge < -0.3 is 15.5 Å². The molecule has 2 rings (SSSR count). The monoisotopic (exact) mass is 324 g/mol. The summed E-state index contributed by atoms with van der Waals surface area (Å²) >= 11 is 0. The van der Waals surface area contributed by atoms with Crippen LogP contribution in [0.25, 0.3) is 0 Å². The van der Waals surface area contributed by atoms with Gasteiger partial charge in [-0.1, -0.05) is 12.8 Å². The van der Waals surface area contributed by atoms with Crippen LogP contribution in [0.4, 0.5) is 4.79 Å². The lowest BCUT2D eigenvalue weighted by Crippen LogP contribution is -2.44. The molecule has 6 heteroatoms. The molecule has 0 aromatic rings. The van der Waals surface area contributed by atoms with E-state index < -0.39 is 0 Å². The molecule has 6 nitrogen and oxygen atoms in total. The molecule has 2 N–H and O–H groups in total. The Bertz CT molecular complexity index is 394. The number of likely N-dealkylation sites (N-methyl/N-ethyl adjacent to an activating group) is 1. The highest BCUT2D eigenvalue weighted by atomic mass is 16.2. The smallest absolute Gasteiger partial charge is 0.314 e. The van der Waals surface area contributed by atoms with E-state index in [4.69, 9.17) is 0 Å². The minimum absolute atomic E-state index is 0.0289. The Morgan fingerprint density at radius 3 is 2.52 bits per heavy atom. The maximum absolute atomic E-state index is 12.1. The third kappa shape index (κ3) is 5.68. The molecule has 0 aromatic carbocycles. The molecular weight excluding hydrogens is 292 g/mol. The number of carbonyl (C=O) groups excluding carboxylic acids is 2. The van der Waals surface area contributed by atoms with Gasteiger partial charge in [-0.05, 0) is 44.6 Å². The zero-order valence-electron chi connectivity index (χ0n) is 14.6. The summed E-state index contributed by atoms with van der Waals surface area (Å²) in [7, 11) is 3.63. The normalized spacial score (nSPS) is 22.3. The SMILES string of the molecule is CN(C)C(=O)[C@@H]1CCCN1CCCNC(=O)NCC1CCCC1. The first-order valence-corrected chi connectivity index (χ1v) is 9.05. The summed E-state index contributed by atoms with van der Waals surface area (Å²) in [6, 6.07) is -0.0274. The largest absolute Gasteiger partial charge is 0.347 e. The summed E-state index contributed by atoms with van der Waals surface area (Å²) < 4.78 is 0. The average Bonchev–Trinajstić information content (AvgIpc) is 3.20. The second-order valence-corrected chi connectivity index (χ2v) is 7.07. The molecular formula is C17H32N4O2. The van der Waals surface area contributed by atoms with E-state index in [1.54, 1.807) is 4.90 Å². The van der Waals surface area contributed by atoms with Crippen LogP contribution in [-0.2, 0) is 4.79 Å². The number of urea groups is 1. The highest BCUT2D eigenvalue weighted by molar-refractivity contribution is 5.81. The van der Waals surface area contributed by atoms with Crippen molar-refractivity contribution < 1.29 is 9.59 Å². The van der Waals surface area contributed by atoms with E-state index >= 15 is 0 Å². The fourth-order valence-electron chi connectivity index (χ4n) is 3.67. The van der Waals surface area contributed by atoms with Crippen LogP contribution >= 0.6 is 0 Å². The van der Waals surface area contributed by atoms with Crippen molar-refractivity contribution in [2.24, 2.45) is 5.92 Å². The van der Waals surface area contributed by atoms with E-state index in [1.807, 2.05) is 14.1 Å². The van der Waals surface area contributed by atoms with E-state index in [9.17, 15) is 9.59 Å². The number of nitrogens with one attached hydrogen (secondary N) is 2. The van der Waals surface area contributed by atoms with Crippen LogP contribution in [0.2, 0.25) is 0 Å². The van der Waals surface area contributed by atoms with Gasteiger partial charge in [0.25, 0.3) is 0 Å². The molecule has 1 saturated heterocycles. The molecule has 0 unspecified atom stereocenters. The molecule has 2 fully saturated rings. The molecule has 0 bridgehead atoms. The van der Waals surface area contributed by atoms with Gasteiger partial charge in [-0.25, -0.2) is 4.79 Å². The lowest BCUT2D eigenvalue weighted by molar-refractivity contribution is -0.133. The van der Waals surface area contributed by atoms with Crippen LogP contribution in [0.15, 0.2) is 0 Å². The second-order valence-electron chi connectivity index (χ2n) is 7.07. The van der Waals surface area contributed by atoms with Crippen molar-refractivity contribution >= 4 is 11.9 Å². The van der Waals surface area contributed by atoms with Crippen molar-refractivity contribution in [1.82, 2.24) is 20.4 Å². The lowest BCUT2D eigenvalue weighted by Gasteiger charge is -2.26. The van der Waals surface area contributed by atoms with Gasteiger partial charge in [-0.15, -0.1) is 0 Å². The summed E-state index contributed by atoms with van der Waals surface area (Å²) in [5, 5.41) is 5.90. The van der Waals surface area contributed by atoms with Crippen LogP contribution in [0.1, 0.15) is 44.9 Å². The average molecular weight is 324 g/mol. The summed E-state index contributed by atoms with van der Waals surface area (Å²) in [5.41, 5.74) is 0. The highest BCUT2D eigenvalue weighted by Crippen LogP contribution is 2.23. The van der Waals surface area contributed by atoms with Gasteiger partial charge >= 0.3 is 6.03 Å². The quantitative estimate of drug-likeness (QED) is 0.696. The Morgan fingerprint density at radius 2 is 1.83 bits per heavy atom. The second kappa shape index (κ2) is 9.11. The van der Waals surface area contributed by atoms with Crippen LogP contribution in [-0.4, -0.2) is 68.1 Å². The molecule has 132 valence electrons. The number of likely N-dealkylation sites (tertiary alicyclic amines) is 1. The van der Waals surface area contributed by atoms with E-state index in [-0.39, 0.29) is 18.0 Å². The molecule has 0 spiro atoms. The van der Waals surface area contributed by atoms with E-state index in [1.165, 1.54) is 25.7 Å². The number of hydrogen-bond donors (Lipinski definition) is 2. The van der Waals surface area contributed by atoms with Crippen molar-refractivity contribution in [3.63, 3.8) is 0 Å². The fraction of sp³-hybridized carbons (Fsp3) is 0.882. The lowest BCUT2D eigenvalue weighted by atomic mass is 10.1. The Morgan fingerprint density at radius 1 is 1.09 bits per heavy atom. The summed E-state index contributed by atoms with van der Waals surface area (Å²) in [6.45, 7) is 3.32. The zero-order chi connectivity index (χ0) is 16.7. The van der Waals surface area contributed by atoms with Gasteiger partial charge in [-0.3, -0.25) is 9.69 Å². The number of hydrogen-bond acceptors (Lipinski definition) is 3. The first kappa shape index (κ1) is 18.0. The molecule has 1 atom stereocenters. The Kier molecular flexibility index (Phi) is 7.15. The van der Waals surface area contributed by atoms with Crippen molar-refractivity contribution in [3.05, 3.63) is 0 Å². The molecule has 1 aliphatic heterocycles. The van der Waals surface area contributed by atoms with Crippen LogP contribution in [0.5, 0.6) is 0 Å². The maximum atomic E-state index is 12.1. The third-order valence-electron chi connectivity index (χ3n) is 5.02. The van der Waals surface area contributed by atoms with Crippen molar-refractivity contribution in [3.8, 4) is 0 Å². The van der Waals surface area contributed by atoms with Crippen LogP contribution in [0, 0.1) is 5.92 Å². The van der Waals surface area contributed by atoms with Crippen molar-refractivity contribution in [1.29, 1.82) is 0 Å². The molecule has 1 heterocycles. The van der Waals surface area contributed by atoms with E-state index in [0.717, 1.165) is 38.9 Å². The van der Waals surface area contributed by atoms with Gasteiger partial charge in [0, 0.05) is 33.7 Å². The molecule has 3 amide bonds. The number of amides is 3. The van der Waals surface area contributed by atoms with Gasteiger partial charge in [-0.2, -0.15) is 0 Å². The minimum atomic E-state index is -0.0563. The first-order valence-electron chi connectivity index (χ1n) is 9.05. The maximum Gasteiger partial charge on any atom is 0.314 e. The van der Waals surface area contributed by atoms with Gasteiger partial charge in [0.2, 0.25) is 5.91 Å². The molecule has 1 aliphatic carbocycles. The van der Waals surface area contributed by atoms with Gasteiger partial charge in [0.1, 0.15) is 0 Å². The predicted octanol–water partition coefficient (Wildman–Crippen LogP) is 1.42. The summed E-state index contributed by atoms with van der Waals surface area (Å²) in [5.74, 6) is 0.868. The number of nitrogens with zero attached hydrogens (tertiary/aromatic N) is 2. The molecule has 1 saturated carbocycles. The Balaban J connectivity index is 1.57. The summed E-state index contributed by atoms with van der Waals surface area (Å²) in [6.07, 6.45) is 8.01. The Hall–Kier alpha value is -1.30. The van der Waals surface area contributed by atoms with Gasteiger partial charge in [0.05, 0.1) is 6.04 Å². The predicted molar refractivity (Wildman–Crippen MR) is 91.3 cm³/mol. The zero-order valence-corrected chi connectivity index (χ0v) is 14.6. The topological polar surface area (TPSA) is 64.7 Å². The standard InChI is InChI=1S/C17H32N4O2/c1-20(2)16(22)15-9-5-11-21(15)12-6-10-18-17(23)19-13-14-7-3-4-8-14/h14-15H,3-13H2,1-2H3,(H2,18,19,23)/t15-/m0/s1. The minimum Gasteiger partial charge on any atom is -0.347 e.